The first-order chi connectivity index (χ1) is 23.4. The third-order valence-electron chi connectivity index (χ3n) is 10.1. The maximum absolute atomic E-state index is 5.29. The van der Waals surface area contributed by atoms with Crippen molar-refractivity contribution in [1.29, 1.82) is 0 Å². The molecule has 0 fully saturated rings. The summed E-state index contributed by atoms with van der Waals surface area (Å²) in [5, 5.41) is 0. The predicted octanol–water partition coefficient (Wildman–Crippen LogP) is 14.6. The zero-order valence-corrected chi connectivity index (χ0v) is 32.0. The van der Waals surface area contributed by atoms with Gasteiger partial charge in [-0.2, -0.15) is 0 Å². The molecule has 3 rings (SSSR count). The average Bonchev–Trinajstić information content (AvgIpc) is 3.10. The molecule has 0 amide bonds. The second-order valence-corrected chi connectivity index (χ2v) is 14.0. The van der Waals surface area contributed by atoms with E-state index in [2.05, 4.69) is 103 Å². The normalized spacial score (nSPS) is 12.2. The van der Waals surface area contributed by atoms with Crippen LogP contribution in [-0.2, 0) is 25.7 Å². The quantitative estimate of drug-likeness (QED) is 0.0722. The van der Waals surface area contributed by atoms with E-state index in [1.165, 1.54) is 131 Å². The maximum atomic E-state index is 5.29. The second kappa shape index (κ2) is 22.6. The molecular weight excluding hydrogens is 581 g/mol. The van der Waals surface area contributed by atoms with Gasteiger partial charge in [0.15, 0.2) is 0 Å². The van der Waals surface area contributed by atoms with Gasteiger partial charge in [0, 0.05) is 0 Å². The van der Waals surface area contributed by atoms with E-state index in [-0.39, 0.29) is 0 Å². The van der Waals surface area contributed by atoms with Crippen LogP contribution >= 0.6 is 0 Å². The summed E-state index contributed by atoms with van der Waals surface area (Å²) in [6.07, 6.45) is 23.9. The highest BCUT2D eigenvalue weighted by molar-refractivity contribution is 6.42. The Morgan fingerprint density at radius 2 is 1.08 bits per heavy atom. The fourth-order valence-electron chi connectivity index (χ4n) is 7.08. The lowest BCUT2D eigenvalue weighted by Crippen LogP contribution is -2.09. The molecule has 0 aliphatic heterocycles. The Bertz CT molecular complexity index is 1410. The number of hydrogen-bond acceptors (Lipinski definition) is 2. The van der Waals surface area contributed by atoms with Crippen LogP contribution in [0.1, 0.15) is 166 Å². The Morgan fingerprint density at radius 3 is 1.71 bits per heavy atom. The van der Waals surface area contributed by atoms with Crippen LogP contribution in [0.3, 0.4) is 0 Å². The summed E-state index contributed by atoms with van der Waals surface area (Å²) >= 11 is 0. The van der Waals surface area contributed by atoms with Gasteiger partial charge in [0.25, 0.3) is 0 Å². The summed E-state index contributed by atoms with van der Waals surface area (Å²) < 4.78 is 0. The van der Waals surface area contributed by atoms with Crippen LogP contribution in [0.2, 0.25) is 0 Å². The molecular formula is C46H68N2. The first-order valence-electron chi connectivity index (χ1n) is 19.9. The van der Waals surface area contributed by atoms with Gasteiger partial charge in [-0.3, -0.25) is 9.98 Å². The molecule has 0 heterocycles. The molecule has 0 saturated heterocycles. The summed E-state index contributed by atoms with van der Waals surface area (Å²) in [6, 6.07) is 20.2. The Labute approximate surface area is 296 Å². The number of benzene rings is 3. The molecule has 0 saturated carbocycles. The molecule has 2 nitrogen and oxygen atoms in total. The topological polar surface area (TPSA) is 24.7 Å². The smallest absolute Gasteiger partial charge is 0.0642 e. The van der Waals surface area contributed by atoms with E-state index < -0.39 is 0 Å². The third kappa shape index (κ3) is 12.8. The summed E-state index contributed by atoms with van der Waals surface area (Å²) in [5.74, 6) is 0. The molecule has 3 aromatic carbocycles. The monoisotopic (exact) mass is 649 g/mol. The maximum Gasteiger partial charge on any atom is 0.0642 e. The van der Waals surface area contributed by atoms with Gasteiger partial charge < -0.3 is 0 Å². The van der Waals surface area contributed by atoms with Gasteiger partial charge in [-0.05, 0) is 128 Å². The van der Waals surface area contributed by atoms with Crippen molar-refractivity contribution >= 4 is 22.8 Å². The van der Waals surface area contributed by atoms with Gasteiger partial charge in [0.1, 0.15) is 0 Å². The Balaban J connectivity index is 1.95. The molecule has 0 bridgehead atoms. The number of aryl methyl sites for hydroxylation is 3. The summed E-state index contributed by atoms with van der Waals surface area (Å²) in [4.78, 5) is 10.6. The van der Waals surface area contributed by atoms with E-state index in [0.717, 1.165) is 42.1 Å². The van der Waals surface area contributed by atoms with Crippen LogP contribution < -0.4 is 0 Å². The number of rotatable bonds is 23. The largest absolute Gasteiger partial charge is 0.252 e. The van der Waals surface area contributed by atoms with Crippen molar-refractivity contribution in [3.63, 3.8) is 0 Å². The lowest BCUT2D eigenvalue weighted by molar-refractivity contribution is 0.598. The van der Waals surface area contributed by atoms with Gasteiger partial charge >= 0.3 is 0 Å². The fraction of sp³-hybridized carbons (Fsp3) is 0.565. The van der Waals surface area contributed by atoms with Crippen molar-refractivity contribution in [2.24, 2.45) is 9.98 Å². The van der Waals surface area contributed by atoms with Gasteiger partial charge in [-0.25, -0.2) is 0 Å². The zero-order valence-electron chi connectivity index (χ0n) is 32.0. The second-order valence-electron chi connectivity index (χ2n) is 14.0. The fourth-order valence-corrected chi connectivity index (χ4v) is 7.08. The van der Waals surface area contributed by atoms with E-state index >= 15 is 0 Å². The van der Waals surface area contributed by atoms with Crippen molar-refractivity contribution < 1.29 is 0 Å². The van der Waals surface area contributed by atoms with Gasteiger partial charge in [0.2, 0.25) is 0 Å². The number of aliphatic imine (C=N–C) groups is 2. The highest BCUT2D eigenvalue weighted by atomic mass is 14.8. The molecule has 2 heteroatoms. The minimum absolute atomic E-state index is 0.857. The molecule has 0 N–H and O–H groups in total. The van der Waals surface area contributed by atoms with Crippen molar-refractivity contribution in [3.8, 4) is 11.1 Å². The Morgan fingerprint density at radius 1 is 0.542 bits per heavy atom. The standard InChI is InChI=1S/C46H68N2/c1-8-13-16-18-20-23-30-41-34-42(32-38(11-4)44(41)31-26-21-19-17-14-9-2)47-37(7)46(12-5)48-43-33-40(27-15-10-3)36(6)45(35-43)39-28-24-22-25-29-39/h22,24-25,28-29,32-35H,8-21,23,26-27,30-31H2,1-7H3. The number of nitrogens with zero attached hydrogens (tertiary/aromatic N) is 2. The van der Waals surface area contributed by atoms with Crippen molar-refractivity contribution in [1.82, 2.24) is 0 Å². The lowest BCUT2D eigenvalue weighted by atomic mass is 9.90. The molecule has 0 radical (unpaired) electrons. The van der Waals surface area contributed by atoms with E-state index in [4.69, 9.17) is 9.98 Å². The molecule has 0 atom stereocenters. The molecule has 0 aliphatic carbocycles. The molecule has 3 aromatic rings. The number of hydrogen-bond donors (Lipinski definition) is 0. The van der Waals surface area contributed by atoms with Crippen LogP contribution in [0, 0.1) is 6.92 Å². The SMILES string of the molecule is CCCCCCCCc1cc(N=C(C)C(CC)=Nc2cc(CCCC)c(C)c(-c3ccccc3)c2)cc(CC)c1CCCCCCCC. The summed E-state index contributed by atoms with van der Waals surface area (Å²) in [6.45, 7) is 15.9. The third-order valence-corrected chi connectivity index (χ3v) is 10.1. The van der Waals surface area contributed by atoms with Crippen molar-refractivity contribution in [2.75, 3.05) is 0 Å². The molecule has 0 unspecified atom stereocenters. The predicted molar refractivity (Wildman–Crippen MR) is 215 cm³/mol. The minimum Gasteiger partial charge on any atom is -0.252 e. The van der Waals surface area contributed by atoms with Crippen LogP contribution in [0.5, 0.6) is 0 Å². The Hall–Kier alpha value is -3.00. The summed E-state index contributed by atoms with van der Waals surface area (Å²) in [5.41, 5.74) is 14.3. The zero-order chi connectivity index (χ0) is 34.6. The first-order valence-corrected chi connectivity index (χ1v) is 19.9. The number of unbranched alkanes of at least 4 members (excludes halogenated alkanes) is 11. The van der Waals surface area contributed by atoms with Crippen LogP contribution in [0.25, 0.3) is 11.1 Å². The van der Waals surface area contributed by atoms with E-state index in [1.54, 1.807) is 11.1 Å². The highest BCUT2D eigenvalue weighted by Gasteiger charge is 2.13. The minimum atomic E-state index is 0.857. The molecule has 262 valence electrons. The van der Waals surface area contributed by atoms with Crippen LogP contribution in [0.4, 0.5) is 11.4 Å². The van der Waals surface area contributed by atoms with Gasteiger partial charge in [-0.15, -0.1) is 0 Å². The lowest BCUT2D eigenvalue weighted by Gasteiger charge is -2.17. The van der Waals surface area contributed by atoms with E-state index in [0.29, 0.717) is 0 Å². The molecule has 0 aromatic heterocycles. The molecule has 48 heavy (non-hydrogen) atoms. The first kappa shape index (κ1) is 39.4. The van der Waals surface area contributed by atoms with Gasteiger partial charge in [0.05, 0.1) is 22.8 Å². The summed E-state index contributed by atoms with van der Waals surface area (Å²) in [7, 11) is 0. The molecule has 0 spiro atoms. The van der Waals surface area contributed by atoms with Gasteiger partial charge in [-0.1, -0.05) is 136 Å². The highest BCUT2D eigenvalue weighted by Crippen LogP contribution is 2.33. The molecule has 0 aliphatic rings. The van der Waals surface area contributed by atoms with E-state index in [9.17, 15) is 0 Å². The van der Waals surface area contributed by atoms with Crippen LogP contribution in [0.15, 0.2) is 64.6 Å². The van der Waals surface area contributed by atoms with Crippen LogP contribution in [-0.4, -0.2) is 11.4 Å². The van der Waals surface area contributed by atoms with E-state index in [1.807, 2.05) is 0 Å². The van der Waals surface area contributed by atoms with Crippen molar-refractivity contribution in [3.05, 3.63) is 82.4 Å². The Kier molecular flexibility index (Phi) is 18.6. The van der Waals surface area contributed by atoms with Crippen molar-refractivity contribution in [2.45, 2.75) is 170 Å². The average molecular weight is 649 g/mol.